The van der Waals surface area contributed by atoms with E-state index in [1.54, 1.807) is 32.9 Å². The number of hydrogen-bond donors (Lipinski definition) is 2. The van der Waals surface area contributed by atoms with Gasteiger partial charge >= 0.3 is 0 Å². The molecule has 1 aromatic rings. The Morgan fingerprint density at radius 3 is 2.06 bits per heavy atom. The predicted molar refractivity (Wildman–Crippen MR) is 74.2 cm³/mol. The van der Waals surface area contributed by atoms with Gasteiger partial charge in [0, 0.05) is 14.5 Å². The molecule has 0 aromatic heterocycles. The van der Waals surface area contributed by atoms with E-state index in [2.05, 4.69) is 33.4 Å². The highest BCUT2D eigenvalue weighted by molar-refractivity contribution is 14.1. The molecule has 2 amide bonds. The topological polar surface area (TPSA) is 58.2 Å². The summed E-state index contributed by atoms with van der Waals surface area (Å²) in [6.07, 6.45) is 0. The fourth-order valence-electron chi connectivity index (χ4n) is 0.974. The van der Waals surface area contributed by atoms with Gasteiger partial charge in [0.1, 0.15) is 0 Å². The molecular weight excluding hydrogens is 331 g/mol. The van der Waals surface area contributed by atoms with Gasteiger partial charge in [0.2, 0.25) is 5.91 Å². The minimum Gasteiger partial charge on any atom is -0.273 e. The van der Waals surface area contributed by atoms with Gasteiger partial charge in [-0.15, -0.1) is 0 Å². The summed E-state index contributed by atoms with van der Waals surface area (Å²) in [4.78, 5) is 23.2. The van der Waals surface area contributed by atoms with Crippen LogP contribution in [0.15, 0.2) is 24.3 Å². The molecule has 92 valence electrons. The number of amides is 2. The number of halogens is 1. The molecule has 5 heteroatoms. The molecule has 0 saturated carbocycles. The maximum absolute atomic E-state index is 11.7. The second kappa shape index (κ2) is 5.48. The summed E-state index contributed by atoms with van der Waals surface area (Å²) < 4.78 is 1.05. The Morgan fingerprint density at radius 1 is 1.06 bits per heavy atom. The number of hydrogen-bond acceptors (Lipinski definition) is 2. The highest BCUT2D eigenvalue weighted by Gasteiger charge is 2.21. The zero-order valence-electron chi connectivity index (χ0n) is 10.0. The lowest BCUT2D eigenvalue weighted by atomic mass is 9.96. The molecule has 2 N–H and O–H groups in total. The van der Waals surface area contributed by atoms with Crippen LogP contribution in [0, 0.1) is 8.99 Å². The smallest absolute Gasteiger partial charge is 0.269 e. The van der Waals surface area contributed by atoms with Gasteiger partial charge in [0.25, 0.3) is 5.91 Å². The summed E-state index contributed by atoms with van der Waals surface area (Å²) in [7, 11) is 0. The van der Waals surface area contributed by atoms with Crippen molar-refractivity contribution in [2.75, 3.05) is 0 Å². The van der Waals surface area contributed by atoms with E-state index >= 15 is 0 Å². The van der Waals surface area contributed by atoms with Crippen molar-refractivity contribution in [1.29, 1.82) is 0 Å². The van der Waals surface area contributed by atoms with Crippen molar-refractivity contribution in [3.05, 3.63) is 33.4 Å². The van der Waals surface area contributed by atoms with Crippen molar-refractivity contribution in [3.63, 3.8) is 0 Å². The lowest BCUT2D eigenvalue weighted by molar-refractivity contribution is -0.129. The van der Waals surface area contributed by atoms with Crippen molar-refractivity contribution in [1.82, 2.24) is 10.9 Å². The van der Waals surface area contributed by atoms with Crippen LogP contribution in [0.1, 0.15) is 31.1 Å². The van der Waals surface area contributed by atoms with E-state index in [-0.39, 0.29) is 11.8 Å². The van der Waals surface area contributed by atoms with Gasteiger partial charge in [-0.25, -0.2) is 0 Å². The molecule has 0 aliphatic rings. The Balaban J connectivity index is 2.56. The lowest BCUT2D eigenvalue weighted by Gasteiger charge is -2.17. The first-order valence-electron chi connectivity index (χ1n) is 5.17. The van der Waals surface area contributed by atoms with E-state index in [0.29, 0.717) is 5.56 Å². The molecule has 1 aromatic carbocycles. The lowest BCUT2D eigenvalue weighted by Crippen LogP contribution is -2.46. The second-order valence-electron chi connectivity index (χ2n) is 4.67. The number of rotatable bonds is 1. The van der Waals surface area contributed by atoms with Crippen LogP contribution >= 0.6 is 22.6 Å². The Hall–Kier alpha value is -1.11. The molecule has 0 radical (unpaired) electrons. The molecule has 0 atom stereocenters. The maximum atomic E-state index is 11.7. The number of hydrazine groups is 1. The quantitative estimate of drug-likeness (QED) is 0.604. The summed E-state index contributed by atoms with van der Waals surface area (Å²) in [5.41, 5.74) is 4.76. The van der Waals surface area contributed by atoms with Crippen LogP contribution in [0.3, 0.4) is 0 Å². The van der Waals surface area contributed by atoms with Crippen LogP contribution in [0.2, 0.25) is 0 Å². The van der Waals surface area contributed by atoms with Gasteiger partial charge in [-0.05, 0) is 46.9 Å². The minimum absolute atomic E-state index is 0.226. The van der Waals surface area contributed by atoms with E-state index in [9.17, 15) is 9.59 Å². The van der Waals surface area contributed by atoms with Gasteiger partial charge in [-0.1, -0.05) is 20.8 Å². The van der Waals surface area contributed by atoms with E-state index in [0.717, 1.165) is 3.57 Å². The molecule has 17 heavy (non-hydrogen) atoms. The first kappa shape index (κ1) is 14.0. The third-order valence-electron chi connectivity index (χ3n) is 2.08. The average Bonchev–Trinajstić information content (AvgIpc) is 2.25. The highest BCUT2D eigenvalue weighted by Crippen LogP contribution is 2.11. The summed E-state index contributed by atoms with van der Waals surface area (Å²) in [6.45, 7) is 5.33. The van der Waals surface area contributed by atoms with Crippen molar-refractivity contribution in [3.8, 4) is 0 Å². The van der Waals surface area contributed by atoms with E-state index in [4.69, 9.17) is 0 Å². The minimum atomic E-state index is -0.528. The molecule has 0 aliphatic heterocycles. The summed E-state index contributed by atoms with van der Waals surface area (Å²) in [5.74, 6) is -0.546. The molecule has 0 saturated heterocycles. The third-order valence-corrected chi connectivity index (χ3v) is 2.80. The fraction of sp³-hybridized carbons (Fsp3) is 0.333. The maximum Gasteiger partial charge on any atom is 0.269 e. The summed E-state index contributed by atoms with van der Waals surface area (Å²) in [5, 5.41) is 0. The van der Waals surface area contributed by atoms with Crippen molar-refractivity contribution >= 4 is 34.4 Å². The Bertz CT molecular complexity index is 421. The van der Waals surface area contributed by atoms with Gasteiger partial charge in [0.05, 0.1) is 0 Å². The van der Waals surface area contributed by atoms with Gasteiger partial charge in [-0.3, -0.25) is 20.4 Å². The molecule has 4 nitrogen and oxygen atoms in total. The highest BCUT2D eigenvalue weighted by atomic mass is 127. The van der Waals surface area contributed by atoms with Crippen LogP contribution in [0.25, 0.3) is 0 Å². The molecular formula is C12H15IN2O2. The van der Waals surface area contributed by atoms with Crippen molar-refractivity contribution < 1.29 is 9.59 Å². The standard InChI is InChI=1S/C12H15IN2O2/c1-12(2,3)11(17)15-14-10(16)8-4-6-9(13)7-5-8/h4-7H,1-3H3,(H,14,16)(H,15,17). The third kappa shape index (κ3) is 4.33. The zero-order chi connectivity index (χ0) is 13.1. The Morgan fingerprint density at radius 2 is 1.59 bits per heavy atom. The first-order valence-corrected chi connectivity index (χ1v) is 6.25. The molecule has 0 unspecified atom stereocenters. The molecule has 0 aliphatic carbocycles. The normalized spacial score (nSPS) is 10.8. The van der Waals surface area contributed by atoms with Crippen LogP contribution < -0.4 is 10.9 Å². The molecule has 0 spiro atoms. The van der Waals surface area contributed by atoms with E-state index in [1.165, 1.54) is 0 Å². The van der Waals surface area contributed by atoms with Gasteiger partial charge in [-0.2, -0.15) is 0 Å². The van der Waals surface area contributed by atoms with Crippen LogP contribution in [-0.2, 0) is 4.79 Å². The van der Waals surface area contributed by atoms with E-state index in [1.807, 2.05) is 12.1 Å². The van der Waals surface area contributed by atoms with Gasteiger partial charge < -0.3 is 0 Å². The average molecular weight is 346 g/mol. The monoisotopic (exact) mass is 346 g/mol. The SMILES string of the molecule is CC(C)(C)C(=O)NNC(=O)c1ccc(I)cc1. The van der Waals surface area contributed by atoms with Crippen LogP contribution in [-0.4, -0.2) is 11.8 Å². The second-order valence-corrected chi connectivity index (χ2v) is 5.91. The number of nitrogens with one attached hydrogen (secondary N) is 2. The summed E-state index contributed by atoms with van der Waals surface area (Å²) >= 11 is 2.16. The zero-order valence-corrected chi connectivity index (χ0v) is 12.2. The van der Waals surface area contributed by atoms with Crippen LogP contribution in [0.5, 0.6) is 0 Å². The largest absolute Gasteiger partial charge is 0.273 e. The number of carbonyl (C=O) groups excluding carboxylic acids is 2. The van der Waals surface area contributed by atoms with Crippen LogP contribution in [0.4, 0.5) is 0 Å². The predicted octanol–water partition coefficient (Wildman–Crippen LogP) is 2.10. The van der Waals surface area contributed by atoms with Crippen molar-refractivity contribution in [2.24, 2.45) is 5.41 Å². The molecule has 0 fully saturated rings. The van der Waals surface area contributed by atoms with Gasteiger partial charge in [0.15, 0.2) is 0 Å². The number of carbonyl (C=O) groups is 2. The Labute approximate surface area is 114 Å². The number of benzene rings is 1. The summed E-state index contributed by atoms with van der Waals surface area (Å²) in [6, 6.07) is 7.09. The van der Waals surface area contributed by atoms with E-state index < -0.39 is 5.41 Å². The molecule has 1 rings (SSSR count). The Kier molecular flexibility index (Phi) is 4.50. The fourth-order valence-corrected chi connectivity index (χ4v) is 1.33. The molecule has 0 bridgehead atoms. The molecule has 0 heterocycles. The first-order chi connectivity index (χ1) is 7.80. The van der Waals surface area contributed by atoms with Crippen molar-refractivity contribution in [2.45, 2.75) is 20.8 Å².